The molecule has 33 heavy (non-hydrogen) atoms. The summed E-state index contributed by atoms with van der Waals surface area (Å²) in [5.41, 5.74) is 12.1. The first-order valence-corrected chi connectivity index (χ1v) is 10.9. The highest BCUT2D eigenvalue weighted by molar-refractivity contribution is 6.35. The summed E-state index contributed by atoms with van der Waals surface area (Å²) in [6.45, 7) is 0.494. The Hall–Kier alpha value is -3.88. The van der Waals surface area contributed by atoms with Gasteiger partial charge in [0.2, 0.25) is 0 Å². The van der Waals surface area contributed by atoms with Gasteiger partial charge in [0, 0.05) is 33.4 Å². The van der Waals surface area contributed by atoms with E-state index in [0.29, 0.717) is 27.9 Å². The summed E-state index contributed by atoms with van der Waals surface area (Å²) in [5, 5.41) is 18.3. The number of hydrogen-bond donors (Lipinski definition) is 2. The zero-order valence-corrected chi connectivity index (χ0v) is 18.6. The monoisotopic (exact) mass is 474 g/mol. The van der Waals surface area contributed by atoms with E-state index < -0.39 is 0 Å². The number of fused-ring (bicyclic) bond motifs is 2. The fourth-order valence-electron chi connectivity index (χ4n) is 3.93. The number of anilines is 1. The molecule has 0 unspecified atom stereocenters. The molecular formula is C23H16Cl2N8. The van der Waals surface area contributed by atoms with Gasteiger partial charge in [0.25, 0.3) is 0 Å². The number of pyridine rings is 1. The molecule has 162 valence electrons. The van der Waals surface area contributed by atoms with Gasteiger partial charge in [-0.1, -0.05) is 29.3 Å². The van der Waals surface area contributed by atoms with Gasteiger partial charge in [0.1, 0.15) is 5.52 Å². The van der Waals surface area contributed by atoms with Crippen LogP contribution in [0.2, 0.25) is 10.0 Å². The Morgan fingerprint density at radius 1 is 1.00 bits per heavy atom. The molecule has 4 heterocycles. The van der Waals surface area contributed by atoms with Crippen molar-refractivity contribution in [2.24, 2.45) is 0 Å². The molecule has 0 aliphatic heterocycles. The van der Waals surface area contributed by atoms with Crippen LogP contribution in [0.15, 0.2) is 67.1 Å². The third-order valence-electron chi connectivity index (χ3n) is 5.56. The van der Waals surface area contributed by atoms with E-state index in [0.717, 1.165) is 38.9 Å². The third-order valence-corrected chi connectivity index (χ3v) is 6.15. The van der Waals surface area contributed by atoms with Gasteiger partial charge in [-0.15, -0.1) is 5.10 Å². The number of nitrogens with one attached hydrogen (secondary N) is 1. The molecule has 4 aromatic heterocycles. The van der Waals surface area contributed by atoms with Crippen molar-refractivity contribution in [3.63, 3.8) is 0 Å². The fourth-order valence-corrected chi connectivity index (χ4v) is 4.40. The van der Waals surface area contributed by atoms with Crippen molar-refractivity contribution in [1.29, 1.82) is 0 Å². The lowest BCUT2D eigenvalue weighted by atomic mass is 10.1. The Balaban J connectivity index is 1.44. The Kier molecular flexibility index (Phi) is 4.56. The Morgan fingerprint density at radius 2 is 1.91 bits per heavy atom. The minimum Gasteiger partial charge on any atom is -0.380 e. The molecule has 0 saturated carbocycles. The highest BCUT2D eigenvalue weighted by Gasteiger charge is 2.15. The predicted molar refractivity (Wildman–Crippen MR) is 130 cm³/mol. The molecule has 0 radical (unpaired) electrons. The van der Waals surface area contributed by atoms with Crippen LogP contribution < -0.4 is 5.73 Å². The quantitative estimate of drug-likeness (QED) is 0.369. The number of aromatic amines is 1. The molecule has 3 N–H and O–H groups in total. The van der Waals surface area contributed by atoms with E-state index in [1.165, 1.54) is 0 Å². The van der Waals surface area contributed by atoms with Crippen molar-refractivity contribution >= 4 is 51.0 Å². The summed E-state index contributed by atoms with van der Waals surface area (Å²) in [4.78, 5) is 4.60. The number of H-pyrrole nitrogens is 1. The second-order valence-corrected chi connectivity index (χ2v) is 8.48. The van der Waals surface area contributed by atoms with Gasteiger partial charge in [-0.25, -0.2) is 9.67 Å². The number of benzene rings is 2. The minimum atomic E-state index is 0.364. The Bertz CT molecular complexity index is 1650. The maximum absolute atomic E-state index is 6.38. The van der Waals surface area contributed by atoms with E-state index in [4.69, 9.17) is 28.9 Å². The molecule has 0 atom stereocenters. The lowest BCUT2D eigenvalue weighted by Crippen LogP contribution is -2.04. The van der Waals surface area contributed by atoms with Crippen LogP contribution >= 0.6 is 23.2 Å². The van der Waals surface area contributed by atoms with Crippen LogP contribution in [-0.2, 0) is 6.54 Å². The zero-order chi connectivity index (χ0) is 22.5. The van der Waals surface area contributed by atoms with Crippen LogP contribution in [0, 0.1) is 0 Å². The first kappa shape index (κ1) is 19.8. The van der Waals surface area contributed by atoms with Crippen LogP contribution in [0.4, 0.5) is 5.82 Å². The van der Waals surface area contributed by atoms with Crippen molar-refractivity contribution in [3.05, 3.63) is 82.7 Å². The van der Waals surface area contributed by atoms with Crippen LogP contribution in [0.5, 0.6) is 0 Å². The van der Waals surface area contributed by atoms with Crippen molar-refractivity contribution < 1.29 is 0 Å². The van der Waals surface area contributed by atoms with E-state index in [9.17, 15) is 0 Å². The highest BCUT2D eigenvalue weighted by Crippen LogP contribution is 2.29. The average molecular weight is 475 g/mol. The molecule has 0 amide bonds. The van der Waals surface area contributed by atoms with Crippen LogP contribution in [0.3, 0.4) is 0 Å². The van der Waals surface area contributed by atoms with Crippen LogP contribution in [-0.4, -0.2) is 34.7 Å². The van der Waals surface area contributed by atoms with Gasteiger partial charge < -0.3 is 5.73 Å². The summed E-state index contributed by atoms with van der Waals surface area (Å²) < 4.78 is 3.66. The van der Waals surface area contributed by atoms with Crippen LogP contribution in [0.1, 0.15) is 5.56 Å². The van der Waals surface area contributed by atoms with Crippen molar-refractivity contribution in [2.45, 2.75) is 6.54 Å². The molecular weight excluding hydrogens is 459 g/mol. The minimum absolute atomic E-state index is 0.364. The molecule has 0 saturated heterocycles. The SMILES string of the molecule is Nc1nn(-c2ccc3cn[nH]c3c2)c2cc(-c3ccnn3Cc3ccc(Cl)cc3Cl)cnc12. The second kappa shape index (κ2) is 7.61. The molecule has 0 aliphatic carbocycles. The van der Waals surface area contributed by atoms with Gasteiger partial charge in [-0.05, 0) is 48.0 Å². The predicted octanol–water partition coefficient (Wildman–Crippen LogP) is 5.10. The lowest BCUT2D eigenvalue weighted by molar-refractivity contribution is 0.694. The Morgan fingerprint density at radius 3 is 2.79 bits per heavy atom. The first-order chi connectivity index (χ1) is 16.1. The molecule has 8 nitrogen and oxygen atoms in total. The number of rotatable bonds is 4. The van der Waals surface area contributed by atoms with Gasteiger partial charge in [0.15, 0.2) is 5.82 Å². The number of hydrogen-bond acceptors (Lipinski definition) is 5. The first-order valence-electron chi connectivity index (χ1n) is 10.1. The molecule has 0 bridgehead atoms. The maximum Gasteiger partial charge on any atom is 0.172 e. The summed E-state index contributed by atoms with van der Waals surface area (Å²) in [6, 6.07) is 15.3. The largest absolute Gasteiger partial charge is 0.380 e. The van der Waals surface area contributed by atoms with Gasteiger partial charge in [0.05, 0.1) is 35.2 Å². The van der Waals surface area contributed by atoms with Gasteiger partial charge in [-0.2, -0.15) is 10.2 Å². The summed E-state index contributed by atoms with van der Waals surface area (Å²) in [5.74, 6) is 0.364. The topological polar surface area (TPSA) is 103 Å². The lowest BCUT2D eigenvalue weighted by Gasteiger charge is -2.10. The standard InChI is InChI=1S/C23H16Cl2N8/c24-16-3-1-14(18(25)8-16)12-32-20(5-6-29-32)15-7-21-22(27-10-15)23(26)31-33(21)17-4-2-13-11-28-30-19(13)9-17/h1-11H,12H2,(H2,26,31)(H,28,30). The van der Waals surface area contributed by atoms with Gasteiger partial charge in [-0.3, -0.25) is 9.78 Å². The number of nitrogens with zero attached hydrogens (tertiary/aromatic N) is 6. The van der Waals surface area contributed by atoms with E-state index in [-0.39, 0.29) is 0 Å². The maximum atomic E-state index is 6.38. The average Bonchev–Trinajstić information content (AvgIpc) is 3.54. The van der Waals surface area contributed by atoms with E-state index >= 15 is 0 Å². The van der Waals surface area contributed by atoms with Crippen molar-refractivity contribution in [2.75, 3.05) is 5.73 Å². The molecule has 2 aromatic carbocycles. The van der Waals surface area contributed by atoms with Crippen LogP contribution in [0.25, 0.3) is 38.9 Å². The number of aromatic nitrogens is 7. The van der Waals surface area contributed by atoms with E-state index in [1.54, 1.807) is 29.3 Å². The number of halogens is 2. The summed E-state index contributed by atoms with van der Waals surface area (Å²) >= 11 is 12.4. The van der Waals surface area contributed by atoms with E-state index in [1.807, 2.05) is 47.1 Å². The molecule has 0 aliphatic rings. The molecule has 0 spiro atoms. The normalized spacial score (nSPS) is 11.6. The molecule has 10 heteroatoms. The van der Waals surface area contributed by atoms with E-state index in [2.05, 4.69) is 25.4 Å². The van der Waals surface area contributed by atoms with Crippen molar-refractivity contribution in [3.8, 4) is 16.9 Å². The molecule has 6 aromatic rings. The summed E-state index contributed by atoms with van der Waals surface area (Å²) in [7, 11) is 0. The fraction of sp³-hybridized carbons (Fsp3) is 0.0435. The van der Waals surface area contributed by atoms with Crippen molar-refractivity contribution in [1.82, 2.24) is 34.7 Å². The number of nitrogen functional groups attached to an aromatic ring is 1. The second-order valence-electron chi connectivity index (χ2n) is 7.64. The number of nitrogens with two attached hydrogens (primary N) is 1. The Labute approximate surface area is 197 Å². The summed E-state index contributed by atoms with van der Waals surface area (Å²) in [6.07, 6.45) is 5.31. The highest BCUT2D eigenvalue weighted by atomic mass is 35.5. The zero-order valence-electron chi connectivity index (χ0n) is 17.1. The smallest absolute Gasteiger partial charge is 0.172 e. The molecule has 6 rings (SSSR count). The molecule has 0 fully saturated rings. The van der Waals surface area contributed by atoms with Gasteiger partial charge >= 0.3 is 0 Å². The third kappa shape index (κ3) is 3.40.